The van der Waals surface area contributed by atoms with Crippen molar-refractivity contribution in [2.24, 2.45) is 11.8 Å². The van der Waals surface area contributed by atoms with Crippen molar-refractivity contribution in [2.75, 3.05) is 40.0 Å². The summed E-state index contributed by atoms with van der Waals surface area (Å²) in [5, 5.41) is 3.18. The number of carbonyl (C=O) groups excluding carboxylic acids is 1. The summed E-state index contributed by atoms with van der Waals surface area (Å²) in [5.74, 6) is 0.980. The number of hydrogen-bond donors (Lipinski definition) is 1. The van der Waals surface area contributed by atoms with Crippen LogP contribution in [0.2, 0.25) is 0 Å². The molecule has 0 saturated carbocycles. The van der Waals surface area contributed by atoms with Crippen molar-refractivity contribution in [1.29, 1.82) is 0 Å². The smallest absolute Gasteiger partial charge is 0.251 e. The van der Waals surface area contributed by atoms with E-state index in [2.05, 4.69) is 24.1 Å². The van der Waals surface area contributed by atoms with Gasteiger partial charge in [-0.3, -0.25) is 9.69 Å². The molecule has 1 saturated heterocycles. The number of rotatable bonds is 8. The number of carbonyl (C=O) groups is 1. The normalized spacial score (nSPS) is 23.8. The molecular weight excluding hydrogens is 268 g/mol. The van der Waals surface area contributed by atoms with Gasteiger partial charge < -0.3 is 14.8 Å². The van der Waals surface area contributed by atoms with Crippen LogP contribution in [0.25, 0.3) is 0 Å². The monoisotopic (exact) mass is 300 g/mol. The Kier molecular flexibility index (Phi) is 7.10. The Morgan fingerprint density at radius 1 is 1.38 bits per heavy atom. The van der Waals surface area contributed by atoms with Gasteiger partial charge in [-0.15, -0.1) is 0 Å². The van der Waals surface area contributed by atoms with Crippen LogP contribution < -0.4 is 5.32 Å². The second-order valence-corrected chi connectivity index (χ2v) is 6.66. The molecular formula is C16H32N2O3. The molecule has 0 radical (unpaired) electrons. The van der Waals surface area contributed by atoms with Gasteiger partial charge in [-0.2, -0.15) is 0 Å². The summed E-state index contributed by atoms with van der Waals surface area (Å²) in [6, 6.07) is 0.188. The summed E-state index contributed by atoms with van der Waals surface area (Å²) >= 11 is 0. The average molecular weight is 300 g/mol. The Balaban J connectivity index is 2.60. The first kappa shape index (κ1) is 18.4. The lowest BCUT2D eigenvalue weighted by Gasteiger charge is -2.28. The fraction of sp³-hybridized carbons (Fsp3) is 0.938. The predicted molar refractivity (Wildman–Crippen MR) is 84.3 cm³/mol. The fourth-order valence-electron chi connectivity index (χ4n) is 2.70. The SMILES string of the molecule is CCOCCN1C[C@@H](NC(=O)C(C)(C)OC)[C@H](C(C)C)C1. The van der Waals surface area contributed by atoms with Crippen molar-refractivity contribution in [1.82, 2.24) is 10.2 Å². The van der Waals surface area contributed by atoms with Crippen molar-refractivity contribution < 1.29 is 14.3 Å². The zero-order valence-corrected chi connectivity index (χ0v) is 14.4. The van der Waals surface area contributed by atoms with Gasteiger partial charge in [0.25, 0.3) is 5.91 Å². The maximum absolute atomic E-state index is 12.3. The standard InChI is InChI=1S/C16H32N2O3/c1-7-21-9-8-18-10-13(12(2)3)14(11-18)17-15(19)16(4,5)20-6/h12-14H,7-11H2,1-6H3,(H,17,19)/t13-,14+/m0/s1. The maximum Gasteiger partial charge on any atom is 0.251 e. The lowest BCUT2D eigenvalue weighted by atomic mass is 9.91. The first-order valence-corrected chi connectivity index (χ1v) is 7.98. The fourth-order valence-corrected chi connectivity index (χ4v) is 2.70. The van der Waals surface area contributed by atoms with E-state index in [1.807, 2.05) is 6.92 Å². The molecule has 0 aromatic heterocycles. The van der Waals surface area contributed by atoms with Crippen molar-refractivity contribution in [3.63, 3.8) is 0 Å². The van der Waals surface area contributed by atoms with E-state index in [4.69, 9.17) is 9.47 Å². The topological polar surface area (TPSA) is 50.8 Å². The van der Waals surface area contributed by atoms with E-state index in [1.165, 1.54) is 0 Å². The molecule has 2 atom stereocenters. The van der Waals surface area contributed by atoms with Crippen LogP contribution in [-0.2, 0) is 14.3 Å². The van der Waals surface area contributed by atoms with Crippen molar-refractivity contribution >= 4 is 5.91 Å². The first-order chi connectivity index (χ1) is 9.81. The number of nitrogens with one attached hydrogen (secondary N) is 1. The Morgan fingerprint density at radius 2 is 2.05 bits per heavy atom. The lowest BCUT2D eigenvalue weighted by molar-refractivity contribution is -0.140. The molecule has 5 nitrogen and oxygen atoms in total. The van der Waals surface area contributed by atoms with Crippen molar-refractivity contribution in [3.05, 3.63) is 0 Å². The van der Waals surface area contributed by atoms with E-state index in [0.717, 1.165) is 32.8 Å². The van der Waals surface area contributed by atoms with Gasteiger partial charge in [0.2, 0.25) is 0 Å². The molecule has 0 aromatic rings. The number of methoxy groups -OCH3 is 1. The van der Waals surface area contributed by atoms with E-state index in [9.17, 15) is 4.79 Å². The molecule has 0 aromatic carbocycles. The molecule has 0 bridgehead atoms. The molecule has 21 heavy (non-hydrogen) atoms. The van der Waals surface area contributed by atoms with E-state index < -0.39 is 5.60 Å². The molecule has 1 aliphatic heterocycles. The zero-order valence-electron chi connectivity index (χ0n) is 14.4. The van der Waals surface area contributed by atoms with Crippen LogP contribution in [0.3, 0.4) is 0 Å². The lowest BCUT2D eigenvalue weighted by Crippen LogP contribution is -2.51. The van der Waals surface area contributed by atoms with Crippen LogP contribution >= 0.6 is 0 Å². The summed E-state index contributed by atoms with van der Waals surface area (Å²) in [5.41, 5.74) is -0.778. The molecule has 0 unspecified atom stereocenters. The third-order valence-corrected chi connectivity index (χ3v) is 4.43. The van der Waals surface area contributed by atoms with Gasteiger partial charge in [-0.1, -0.05) is 13.8 Å². The molecule has 0 spiro atoms. The van der Waals surface area contributed by atoms with Crippen LogP contribution in [0.15, 0.2) is 0 Å². The summed E-state index contributed by atoms with van der Waals surface area (Å²) in [4.78, 5) is 14.7. The number of nitrogens with zero attached hydrogens (tertiary/aromatic N) is 1. The third-order valence-electron chi connectivity index (χ3n) is 4.43. The molecule has 1 rings (SSSR count). The van der Waals surface area contributed by atoms with Gasteiger partial charge in [-0.25, -0.2) is 0 Å². The van der Waals surface area contributed by atoms with E-state index in [-0.39, 0.29) is 11.9 Å². The molecule has 1 N–H and O–H groups in total. The maximum atomic E-state index is 12.3. The molecule has 124 valence electrons. The molecule has 0 aliphatic carbocycles. The van der Waals surface area contributed by atoms with Gasteiger partial charge in [0, 0.05) is 39.4 Å². The quantitative estimate of drug-likeness (QED) is 0.691. The van der Waals surface area contributed by atoms with Crippen molar-refractivity contribution in [3.8, 4) is 0 Å². The molecule has 5 heteroatoms. The Labute approximate surface area is 129 Å². The van der Waals surface area contributed by atoms with Gasteiger partial charge in [0.05, 0.1) is 6.61 Å². The largest absolute Gasteiger partial charge is 0.380 e. The highest BCUT2D eigenvalue weighted by atomic mass is 16.5. The number of ether oxygens (including phenoxy) is 2. The van der Waals surface area contributed by atoms with E-state index >= 15 is 0 Å². The Hall–Kier alpha value is -0.650. The van der Waals surface area contributed by atoms with Crippen LogP contribution in [0.4, 0.5) is 0 Å². The van der Waals surface area contributed by atoms with Crippen LogP contribution in [-0.4, -0.2) is 62.4 Å². The molecule has 1 amide bonds. The van der Waals surface area contributed by atoms with E-state index in [0.29, 0.717) is 11.8 Å². The summed E-state index contributed by atoms with van der Waals surface area (Å²) < 4.78 is 10.7. The van der Waals surface area contributed by atoms with Crippen LogP contribution in [0.5, 0.6) is 0 Å². The second-order valence-electron chi connectivity index (χ2n) is 6.66. The van der Waals surface area contributed by atoms with Gasteiger partial charge >= 0.3 is 0 Å². The van der Waals surface area contributed by atoms with Gasteiger partial charge in [0.15, 0.2) is 0 Å². The Bertz CT molecular complexity index is 331. The highest BCUT2D eigenvalue weighted by Gasteiger charge is 2.38. The second kappa shape index (κ2) is 8.11. The zero-order chi connectivity index (χ0) is 16.0. The number of amides is 1. The van der Waals surface area contributed by atoms with Crippen molar-refractivity contribution in [2.45, 2.75) is 46.3 Å². The highest BCUT2D eigenvalue weighted by molar-refractivity contribution is 5.84. The summed E-state index contributed by atoms with van der Waals surface area (Å²) in [6.07, 6.45) is 0. The summed E-state index contributed by atoms with van der Waals surface area (Å²) in [7, 11) is 1.57. The Morgan fingerprint density at radius 3 is 2.57 bits per heavy atom. The van der Waals surface area contributed by atoms with Crippen LogP contribution in [0, 0.1) is 11.8 Å². The average Bonchev–Trinajstić information content (AvgIpc) is 2.82. The molecule has 1 fully saturated rings. The number of hydrogen-bond acceptors (Lipinski definition) is 4. The van der Waals surface area contributed by atoms with E-state index in [1.54, 1.807) is 21.0 Å². The minimum atomic E-state index is -0.778. The third kappa shape index (κ3) is 5.24. The molecule has 1 aliphatic rings. The van der Waals surface area contributed by atoms with Gasteiger partial charge in [-0.05, 0) is 32.6 Å². The number of likely N-dealkylation sites (tertiary alicyclic amines) is 1. The summed E-state index contributed by atoms with van der Waals surface area (Å²) in [6.45, 7) is 14.4. The minimum absolute atomic E-state index is 0.0349. The van der Waals surface area contributed by atoms with Gasteiger partial charge in [0.1, 0.15) is 5.60 Å². The molecule has 1 heterocycles. The van der Waals surface area contributed by atoms with Crippen LogP contribution in [0.1, 0.15) is 34.6 Å². The predicted octanol–water partition coefficient (Wildman–Crippen LogP) is 1.52. The minimum Gasteiger partial charge on any atom is -0.380 e. The first-order valence-electron chi connectivity index (χ1n) is 7.98. The highest BCUT2D eigenvalue weighted by Crippen LogP contribution is 2.25.